The summed E-state index contributed by atoms with van der Waals surface area (Å²) in [6.07, 6.45) is 4.60. The molecule has 1 N–H and O–H groups in total. The minimum atomic E-state index is 0.327. The average Bonchev–Trinajstić information content (AvgIpc) is 2.23. The Labute approximate surface area is 92.8 Å². The van der Waals surface area contributed by atoms with E-state index in [0.717, 1.165) is 31.3 Å². The highest BCUT2D eigenvalue weighted by atomic mass is 16.1. The van der Waals surface area contributed by atoms with Crippen LogP contribution in [-0.4, -0.2) is 18.9 Å². The fourth-order valence-corrected chi connectivity index (χ4v) is 3.15. The minimum absolute atomic E-state index is 0.327. The van der Waals surface area contributed by atoms with Crippen LogP contribution in [0.2, 0.25) is 0 Å². The van der Waals surface area contributed by atoms with E-state index in [1.807, 2.05) is 0 Å². The van der Waals surface area contributed by atoms with E-state index in [9.17, 15) is 4.79 Å². The third-order valence-corrected chi connectivity index (χ3v) is 4.53. The van der Waals surface area contributed by atoms with Gasteiger partial charge in [-0.05, 0) is 30.6 Å². The van der Waals surface area contributed by atoms with Crippen LogP contribution >= 0.6 is 0 Å². The lowest BCUT2D eigenvalue weighted by molar-refractivity contribution is -0.126. The van der Waals surface area contributed by atoms with Gasteiger partial charge in [-0.1, -0.05) is 20.3 Å². The zero-order valence-corrected chi connectivity index (χ0v) is 9.96. The van der Waals surface area contributed by atoms with E-state index in [0.29, 0.717) is 17.6 Å². The molecule has 0 spiro atoms. The number of hydrogen-bond acceptors (Lipinski definition) is 2. The van der Waals surface area contributed by atoms with Gasteiger partial charge in [-0.15, -0.1) is 0 Å². The Kier molecular flexibility index (Phi) is 3.45. The van der Waals surface area contributed by atoms with Crippen molar-refractivity contribution in [3.63, 3.8) is 0 Å². The van der Waals surface area contributed by atoms with Gasteiger partial charge < -0.3 is 5.32 Å². The van der Waals surface area contributed by atoms with Crippen molar-refractivity contribution in [2.24, 2.45) is 23.7 Å². The maximum Gasteiger partial charge on any atom is 0.138 e. The predicted octanol–water partition coefficient (Wildman–Crippen LogP) is 2.24. The Morgan fingerprint density at radius 1 is 1.20 bits per heavy atom. The van der Waals surface area contributed by atoms with E-state index in [4.69, 9.17) is 0 Å². The molecule has 2 fully saturated rings. The number of hydrogen-bond donors (Lipinski definition) is 1. The Bertz CT molecular complexity index is 239. The van der Waals surface area contributed by atoms with Gasteiger partial charge in [0.25, 0.3) is 0 Å². The fraction of sp³-hybridized carbons (Fsp3) is 0.923. The van der Waals surface area contributed by atoms with Crippen LogP contribution < -0.4 is 5.32 Å². The molecule has 86 valence electrons. The van der Waals surface area contributed by atoms with E-state index < -0.39 is 0 Å². The first-order valence-corrected chi connectivity index (χ1v) is 6.42. The lowest BCUT2D eigenvalue weighted by atomic mass is 9.69. The zero-order chi connectivity index (χ0) is 10.8. The molecule has 4 atom stereocenters. The first-order valence-electron chi connectivity index (χ1n) is 6.42. The second-order valence-electron chi connectivity index (χ2n) is 5.55. The normalized spacial score (nSPS) is 42.9. The third kappa shape index (κ3) is 2.41. The quantitative estimate of drug-likeness (QED) is 0.717. The van der Waals surface area contributed by atoms with E-state index in [-0.39, 0.29) is 0 Å². The fourth-order valence-electron chi connectivity index (χ4n) is 3.15. The summed E-state index contributed by atoms with van der Waals surface area (Å²) in [4.78, 5) is 11.8. The first kappa shape index (κ1) is 11.1. The summed E-state index contributed by atoms with van der Waals surface area (Å²) in [6, 6.07) is 0. The summed E-state index contributed by atoms with van der Waals surface area (Å²) < 4.78 is 0. The Hall–Kier alpha value is -0.370. The summed E-state index contributed by atoms with van der Waals surface area (Å²) >= 11 is 0. The van der Waals surface area contributed by atoms with E-state index in [1.54, 1.807) is 0 Å². The second-order valence-corrected chi connectivity index (χ2v) is 5.55. The molecule has 2 nitrogen and oxygen atoms in total. The number of carbonyl (C=O) groups is 1. The molecule has 4 unspecified atom stereocenters. The van der Waals surface area contributed by atoms with Crippen molar-refractivity contribution in [3.05, 3.63) is 0 Å². The van der Waals surface area contributed by atoms with Crippen molar-refractivity contribution < 1.29 is 4.79 Å². The molecular weight excluding hydrogens is 186 g/mol. The van der Waals surface area contributed by atoms with Crippen LogP contribution in [0.4, 0.5) is 0 Å². The van der Waals surface area contributed by atoms with Gasteiger partial charge in [-0.2, -0.15) is 0 Å². The van der Waals surface area contributed by atoms with Crippen LogP contribution in [0.15, 0.2) is 0 Å². The molecule has 2 aliphatic rings. The number of Topliss-reactive ketones (excluding diaryl/α,β-unsaturated/α-hetero) is 1. The second kappa shape index (κ2) is 4.65. The van der Waals surface area contributed by atoms with Gasteiger partial charge in [0, 0.05) is 25.4 Å². The number of rotatable bonds is 1. The van der Waals surface area contributed by atoms with Crippen molar-refractivity contribution in [1.82, 2.24) is 5.32 Å². The molecule has 1 saturated heterocycles. The highest BCUT2D eigenvalue weighted by molar-refractivity contribution is 5.82. The molecule has 0 radical (unpaired) electrons. The molecule has 1 aliphatic carbocycles. The zero-order valence-electron chi connectivity index (χ0n) is 9.96. The molecule has 15 heavy (non-hydrogen) atoms. The van der Waals surface area contributed by atoms with E-state index >= 15 is 0 Å². The average molecular weight is 209 g/mol. The standard InChI is InChI=1S/C13H23NO/c1-9-3-4-11(7-10(9)2)12-8-14-6-5-13(12)15/h9-12,14H,3-8H2,1-2H3. The van der Waals surface area contributed by atoms with Gasteiger partial charge in [-0.25, -0.2) is 0 Å². The predicted molar refractivity (Wildman–Crippen MR) is 61.7 cm³/mol. The highest BCUT2D eigenvalue weighted by Gasteiger charge is 2.34. The number of carbonyl (C=O) groups excluding carboxylic acids is 1. The Balaban J connectivity index is 1.95. The maximum atomic E-state index is 11.8. The van der Waals surface area contributed by atoms with Crippen molar-refractivity contribution in [3.8, 4) is 0 Å². The topological polar surface area (TPSA) is 29.1 Å². The Morgan fingerprint density at radius 2 is 2.00 bits per heavy atom. The van der Waals surface area contributed by atoms with Gasteiger partial charge in [-0.3, -0.25) is 4.79 Å². The van der Waals surface area contributed by atoms with Crippen molar-refractivity contribution in [1.29, 1.82) is 0 Å². The molecule has 0 bridgehead atoms. The van der Waals surface area contributed by atoms with Crippen LogP contribution in [0, 0.1) is 23.7 Å². The van der Waals surface area contributed by atoms with Crippen molar-refractivity contribution in [2.45, 2.75) is 39.5 Å². The number of piperidine rings is 1. The summed E-state index contributed by atoms with van der Waals surface area (Å²) in [6.45, 7) is 6.53. The molecule has 1 heterocycles. The molecule has 1 saturated carbocycles. The van der Waals surface area contributed by atoms with E-state index in [2.05, 4.69) is 19.2 Å². The minimum Gasteiger partial charge on any atom is -0.316 e. The molecule has 0 amide bonds. The Morgan fingerprint density at radius 3 is 2.67 bits per heavy atom. The monoisotopic (exact) mass is 209 g/mol. The lowest BCUT2D eigenvalue weighted by Crippen LogP contribution is -2.42. The van der Waals surface area contributed by atoms with Crippen molar-refractivity contribution >= 4 is 5.78 Å². The maximum absolute atomic E-state index is 11.8. The van der Waals surface area contributed by atoms with Crippen LogP contribution in [-0.2, 0) is 4.79 Å². The third-order valence-electron chi connectivity index (χ3n) is 4.53. The number of nitrogens with one attached hydrogen (secondary N) is 1. The van der Waals surface area contributed by atoms with Gasteiger partial charge >= 0.3 is 0 Å². The molecule has 0 aromatic carbocycles. The molecule has 2 rings (SSSR count). The SMILES string of the molecule is CC1CCC(C2CNCCC2=O)CC1C. The van der Waals surface area contributed by atoms with Crippen LogP contribution in [0.1, 0.15) is 39.5 Å². The summed E-state index contributed by atoms with van der Waals surface area (Å²) in [5.41, 5.74) is 0. The molecule has 0 aromatic heterocycles. The smallest absolute Gasteiger partial charge is 0.138 e. The van der Waals surface area contributed by atoms with Crippen LogP contribution in [0.3, 0.4) is 0 Å². The lowest BCUT2D eigenvalue weighted by Gasteiger charge is -2.37. The number of ketones is 1. The van der Waals surface area contributed by atoms with Gasteiger partial charge in [0.2, 0.25) is 0 Å². The summed E-state index contributed by atoms with van der Waals surface area (Å²) in [5, 5.41) is 3.37. The first-order chi connectivity index (χ1) is 7.18. The van der Waals surface area contributed by atoms with Crippen LogP contribution in [0.25, 0.3) is 0 Å². The summed E-state index contributed by atoms with van der Waals surface area (Å²) in [5.74, 6) is 3.16. The molecule has 2 heteroatoms. The van der Waals surface area contributed by atoms with Crippen LogP contribution in [0.5, 0.6) is 0 Å². The van der Waals surface area contributed by atoms with Gasteiger partial charge in [0.05, 0.1) is 0 Å². The van der Waals surface area contributed by atoms with Gasteiger partial charge in [0.15, 0.2) is 0 Å². The molecular formula is C13H23NO. The van der Waals surface area contributed by atoms with Crippen molar-refractivity contribution in [2.75, 3.05) is 13.1 Å². The largest absolute Gasteiger partial charge is 0.316 e. The van der Waals surface area contributed by atoms with Gasteiger partial charge in [0.1, 0.15) is 5.78 Å². The molecule has 1 aliphatic heterocycles. The summed E-state index contributed by atoms with van der Waals surface area (Å²) in [7, 11) is 0. The van der Waals surface area contributed by atoms with E-state index in [1.165, 1.54) is 19.3 Å². The highest BCUT2D eigenvalue weighted by Crippen LogP contribution is 2.38. The molecule has 0 aromatic rings.